The molecule has 2 unspecified atom stereocenters. The van der Waals surface area contributed by atoms with Gasteiger partial charge in [0, 0.05) is 26.2 Å². The van der Waals surface area contributed by atoms with E-state index in [4.69, 9.17) is 10.5 Å². The molecule has 1 saturated heterocycles. The van der Waals surface area contributed by atoms with E-state index in [-0.39, 0.29) is 18.4 Å². The van der Waals surface area contributed by atoms with Crippen LogP contribution in [0.25, 0.3) is 0 Å². The third kappa shape index (κ3) is 3.65. The summed E-state index contributed by atoms with van der Waals surface area (Å²) in [6.45, 7) is 7.29. The van der Waals surface area contributed by atoms with Crippen LogP contribution in [0.5, 0.6) is 5.88 Å². The molecule has 116 valence electrons. The first-order valence-corrected chi connectivity index (χ1v) is 7.07. The highest BCUT2D eigenvalue weighted by atomic mass is 35.5. The van der Waals surface area contributed by atoms with Crippen molar-refractivity contribution in [1.82, 2.24) is 14.7 Å². The van der Waals surface area contributed by atoms with Crippen LogP contribution in [0.4, 0.5) is 0 Å². The molecule has 2 atom stereocenters. The first kappa shape index (κ1) is 17.3. The number of halogens is 1. The van der Waals surface area contributed by atoms with Gasteiger partial charge in [0.15, 0.2) is 0 Å². The summed E-state index contributed by atoms with van der Waals surface area (Å²) in [7, 11) is 3.64. The number of nitrogens with two attached hydrogens (primary N) is 1. The molecular weight excluding hydrogens is 276 g/mol. The molecule has 0 aliphatic carbocycles. The Labute approximate surface area is 127 Å². The van der Waals surface area contributed by atoms with Crippen LogP contribution in [0.2, 0.25) is 0 Å². The van der Waals surface area contributed by atoms with Crippen molar-refractivity contribution in [2.24, 2.45) is 18.7 Å². The third-order valence-corrected chi connectivity index (χ3v) is 4.15. The van der Waals surface area contributed by atoms with Crippen LogP contribution in [0.1, 0.15) is 31.0 Å². The zero-order valence-electron chi connectivity index (χ0n) is 12.9. The van der Waals surface area contributed by atoms with Gasteiger partial charge in [0.2, 0.25) is 5.88 Å². The first-order chi connectivity index (χ1) is 9.02. The number of rotatable bonds is 4. The second kappa shape index (κ2) is 7.29. The SMILES string of the molecule is COc1c(CN2CCCC(C(C)N)C2)c(C)nn1C.Cl. The number of aryl methyl sites for hydroxylation is 2. The van der Waals surface area contributed by atoms with Crippen LogP contribution in [-0.4, -0.2) is 40.9 Å². The Balaban J connectivity index is 0.00000200. The fourth-order valence-electron chi connectivity index (χ4n) is 3.01. The highest BCUT2D eigenvalue weighted by Crippen LogP contribution is 2.26. The van der Waals surface area contributed by atoms with Crippen molar-refractivity contribution in [3.05, 3.63) is 11.3 Å². The summed E-state index contributed by atoms with van der Waals surface area (Å²) in [4.78, 5) is 2.48. The van der Waals surface area contributed by atoms with Gasteiger partial charge in [0.1, 0.15) is 0 Å². The van der Waals surface area contributed by atoms with Gasteiger partial charge < -0.3 is 10.5 Å². The minimum absolute atomic E-state index is 0. The van der Waals surface area contributed by atoms with Gasteiger partial charge in [-0.2, -0.15) is 5.10 Å². The van der Waals surface area contributed by atoms with Gasteiger partial charge in [0.05, 0.1) is 18.4 Å². The standard InChI is InChI=1S/C14H26N4O.ClH/c1-10(15)12-6-5-7-18(8-12)9-13-11(2)16-17(3)14(13)19-4;/h10,12H,5-9,15H2,1-4H3;1H. The van der Waals surface area contributed by atoms with Crippen LogP contribution in [-0.2, 0) is 13.6 Å². The number of aromatic nitrogens is 2. The van der Waals surface area contributed by atoms with Gasteiger partial charge in [-0.05, 0) is 39.2 Å². The third-order valence-electron chi connectivity index (χ3n) is 4.15. The van der Waals surface area contributed by atoms with Crippen molar-refractivity contribution < 1.29 is 4.74 Å². The second-order valence-electron chi connectivity index (χ2n) is 5.69. The van der Waals surface area contributed by atoms with Crippen LogP contribution < -0.4 is 10.5 Å². The van der Waals surface area contributed by atoms with Crippen molar-refractivity contribution in [1.29, 1.82) is 0 Å². The van der Waals surface area contributed by atoms with Gasteiger partial charge >= 0.3 is 0 Å². The lowest BCUT2D eigenvalue weighted by molar-refractivity contribution is 0.152. The van der Waals surface area contributed by atoms with Crippen molar-refractivity contribution in [3.8, 4) is 5.88 Å². The van der Waals surface area contributed by atoms with E-state index in [1.807, 2.05) is 18.7 Å². The van der Waals surface area contributed by atoms with E-state index in [1.165, 1.54) is 18.4 Å². The van der Waals surface area contributed by atoms with Crippen LogP contribution in [0.15, 0.2) is 0 Å². The lowest BCUT2D eigenvalue weighted by Gasteiger charge is -2.34. The zero-order valence-corrected chi connectivity index (χ0v) is 13.7. The summed E-state index contributed by atoms with van der Waals surface area (Å²) >= 11 is 0. The highest BCUT2D eigenvalue weighted by Gasteiger charge is 2.25. The minimum atomic E-state index is 0. The Hall–Kier alpha value is -0.780. The molecular formula is C14H27ClN4O. The summed E-state index contributed by atoms with van der Waals surface area (Å²) in [6.07, 6.45) is 2.48. The minimum Gasteiger partial charge on any atom is -0.481 e. The van der Waals surface area contributed by atoms with Crippen LogP contribution in [0, 0.1) is 12.8 Å². The van der Waals surface area contributed by atoms with E-state index in [1.54, 1.807) is 7.11 Å². The number of nitrogens with zero attached hydrogens (tertiary/aromatic N) is 3. The predicted molar refractivity (Wildman–Crippen MR) is 83.4 cm³/mol. The number of ether oxygens (including phenoxy) is 1. The number of piperidine rings is 1. The quantitative estimate of drug-likeness (QED) is 0.920. The average Bonchev–Trinajstić information content (AvgIpc) is 2.64. The van der Waals surface area contributed by atoms with Crippen molar-refractivity contribution in [2.75, 3.05) is 20.2 Å². The molecule has 20 heavy (non-hydrogen) atoms. The summed E-state index contributed by atoms with van der Waals surface area (Å²) in [5.74, 6) is 1.48. The van der Waals surface area contributed by atoms with Gasteiger partial charge in [-0.15, -0.1) is 12.4 Å². The van der Waals surface area contributed by atoms with E-state index >= 15 is 0 Å². The van der Waals surface area contributed by atoms with Gasteiger partial charge in [0.25, 0.3) is 0 Å². The van der Waals surface area contributed by atoms with Gasteiger partial charge in [-0.25, -0.2) is 4.68 Å². The van der Waals surface area contributed by atoms with Crippen molar-refractivity contribution >= 4 is 12.4 Å². The maximum Gasteiger partial charge on any atom is 0.216 e. The van der Waals surface area contributed by atoms with E-state index in [2.05, 4.69) is 16.9 Å². The van der Waals surface area contributed by atoms with Crippen LogP contribution in [0.3, 0.4) is 0 Å². The normalized spacial score (nSPS) is 21.4. The largest absolute Gasteiger partial charge is 0.481 e. The summed E-state index contributed by atoms with van der Waals surface area (Å²) in [5, 5.41) is 4.44. The first-order valence-electron chi connectivity index (χ1n) is 7.07. The maximum absolute atomic E-state index is 6.05. The number of likely N-dealkylation sites (tertiary alicyclic amines) is 1. The Morgan fingerprint density at radius 1 is 1.50 bits per heavy atom. The molecule has 6 heteroatoms. The summed E-state index contributed by atoms with van der Waals surface area (Å²) in [6, 6.07) is 0.277. The lowest BCUT2D eigenvalue weighted by Crippen LogP contribution is -2.42. The molecule has 1 fully saturated rings. The highest BCUT2D eigenvalue weighted by molar-refractivity contribution is 5.85. The zero-order chi connectivity index (χ0) is 14.0. The summed E-state index contributed by atoms with van der Waals surface area (Å²) in [5.41, 5.74) is 8.31. The number of methoxy groups -OCH3 is 1. The van der Waals surface area contributed by atoms with E-state index in [0.717, 1.165) is 31.2 Å². The fraction of sp³-hybridized carbons (Fsp3) is 0.786. The summed E-state index contributed by atoms with van der Waals surface area (Å²) < 4.78 is 7.28. The molecule has 0 amide bonds. The average molecular weight is 303 g/mol. The monoisotopic (exact) mass is 302 g/mol. The molecule has 1 aliphatic heterocycles. The molecule has 0 aromatic carbocycles. The molecule has 1 aliphatic rings. The molecule has 0 spiro atoms. The molecule has 5 nitrogen and oxygen atoms in total. The Morgan fingerprint density at radius 3 is 2.80 bits per heavy atom. The van der Waals surface area contributed by atoms with Gasteiger partial charge in [-0.3, -0.25) is 4.90 Å². The number of hydrogen-bond donors (Lipinski definition) is 1. The van der Waals surface area contributed by atoms with Crippen molar-refractivity contribution in [2.45, 2.75) is 39.3 Å². The number of hydrogen-bond acceptors (Lipinski definition) is 4. The van der Waals surface area contributed by atoms with E-state index in [0.29, 0.717) is 5.92 Å². The molecule has 2 rings (SSSR count). The van der Waals surface area contributed by atoms with E-state index in [9.17, 15) is 0 Å². The van der Waals surface area contributed by atoms with Gasteiger partial charge in [-0.1, -0.05) is 0 Å². The molecule has 0 saturated carbocycles. The molecule has 1 aromatic heterocycles. The molecule has 2 heterocycles. The Bertz CT molecular complexity index is 433. The maximum atomic E-state index is 6.05. The Kier molecular flexibility index (Phi) is 6.30. The van der Waals surface area contributed by atoms with E-state index < -0.39 is 0 Å². The molecule has 0 bridgehead atoms. The smallest absolute Gasteiger partial charge is 0.216 e. The lowest BCUT2D eigenvalue weighted by atomic mass is 9.92. The molecule has 0 radical (unpaired) electrons. The molecule has 2 N–H and O–H groups in total. The topological polar surface area (TPSA) is 56.3 Å². The fourth-order valence-corrected chi connectivity index (χ4v) is 3.01. The molecule has 1 aromatic rings. The van der Waals surface area contributed by atoms with Crippen LogP contribution >= 0.6 is 12.4 Å². The predicted octanol–water partition coefficient (Wildman–Crippen LogP) is 1.72. The Morgan fingerprint density at radius 2 is 2.20 bits per heavy atom. The second-order valence-corrected chi connectivity index (χ2v) is 5.69. The van der Waals surface area contributed by atoms with Crippen molar-refractivity contribution in [3.63, 3.8) is 0 Å².